The first kappa shape index (κ1) is 12.9. The summed E-state index contributed by atoms with van der Waals surface area (Å²) in [7, 11) is 0. The lowest BCUT2D eigenvalue weighted by Crippen LogP contribution is -2.09. The number of hydrogen-bond acceptors (Lipinski definition) is 3. The maximum atomic E-state index is 11.8. The Morgan fingerprint density at radius 2 is 1.63 bits per heavy atom. The van der Waals surface area contributed by atoms with Crippen LogP contribution in [-0.2, 0) is 9.68 Å². The third-order valence-electron chi connectivity index (χ3n) is 2.67. The number of para-hydroxylation sites is 1. The summed E-state index contributed by atoms with van der Waals surface area (Å²) in [4.78, 5) is 21.6. The predicted molar refractivity (Wildman–Crippen MR) is 73.4 cm³/mol. The van der Waals surface area contributed by atoms with Crippen LogP contribution in [-0.4, -0.2) is 5.97 Å². The molecule has 0 radical (unpaired) electrons. The Labute approximate surface area is 112 Å². The van der Waals surface area contributed by atoms with E-state index in [2.05, 4.69) is 6.58 Å². The van der Waals surface area contributed by atoms with E-state index < -0.39 is 5.97 Å². The maximum absolute atomic E-state index is 11.8. The molecule has 19 heavy (non-hydrogen) atoms. The minimum atomic E-state index is -0.602. The van der Waals surface area contributed by atoms with Gasteiger partial charge in [0.05, 0.1) is 5.57 Å². The standard InChI is InChI=1S/C16H14O3/c1-12-8-6-7-11-15(12)18-19-16(17)13(2)14-9-4-3-5-10-14/h3-11H,2H2,1H3. The quantitative estimate of drug-likeness (QED) is 0.475. The van der Waals surface area contributed by atoms with Crippen molar-refractivity contribution in [3.8, 4) is 5.75 Å². The van der Waals surface area contributed by atoms with Crippen LogP contribution >= 0.6 is 0 Å². The third-order valence-corrected chi connectivity index (χ3v) is 2.67. The topological polar surface area (TPSA) is 35.5 Å². The lowest BCUT2D eigenvalue weighted by atomic mass is 10.1. The summed E-state index contributed by atoms with van der Waals surface area (Å²) in [6.45, 7) is 5.58. The maximum Gasteiger partial charge on any atom is 0.386 e. The van der Waals surface area contributed by atoms with Crippen LogP contribution in [0.3, 0.4) is 0 Å². The highest BCUT2D eigenvalue weighted by Gasteiger charge is 2.13. The van der Waals surface area contributed by atoms with Crippen molar-refractivity contribution >= 4 is 11.5 Å². The smallest absolute Gasteiger partial charge is 0.286 e. The SMILES string of the molecule is C=C(C(=O)OOc1ccccc1C)c1ccccc1. The first-order chi connectivity index (χ1) is 9.18. The first-order valence-electron chi connectivity index (χ1n) is 5.87. The Morgan fingerprint density at radius 1 is 1.00 bits per heavy atom. The van der Waals surface area contributed by atoms with Crippen molar-refractivity contribution in [2.75, 3.05) is 0 Å². The number of rotatable bonds is 4. The molecule has 0 amide bonds. The summed E-state index contributed by atoms with van der Waals surface area (Å²) < 4.78 is 0. The molecule has 0 N–H and O–H groups in total. The monoisotopic (exact) mass is 254 g/mol. The van der Waals surface area contributed by atoms with Crippen molar-refractivity contribution in [3.63, 3.8) is 0 Å². The van der Waals surface area contributed by atoms with Gasteiger partial charge in [-0.3, -0.25) is 4.89 Å². The molecule has 0 saturated carbocycles. The molecule has 0 aromatic heterocycles. The molecule has 2 aromatic rings. The molecule has 3 nitrogen and oxygen atoms in total. The van der Waals surface area contributed by atoms with E-state index in [-0.39, 0.29) is 5.57 Å². The Kier molecular flexibility index (Phi) is 3.98. The number of carbonyl (C=O) groups excluding carboxylic acids is 1. The molecule has 0 aliphatic carbocycles. The van der Waals surface area contributed by atoms with Gasteiger partial charge in [0.15, 0.2) is 5.75 Å². The van der Waals surface area contributed by atoms with Gasteiger partial charge >= 0.3 is 5.97 Å². The van der Waals surface area contributed by atoms with Gasteiger partial charge in [0.2, 0.25) is 0 Å². The minimum Gasteiger partial charge on any atom is -0.286 e. The summed E-state index contributed by atoms with van der Waals surface area (Å²) in [6, 6.07) is 16.4. The van der Waals surface area contributed by atoms with Crippen LogP contribution in [0.25, 0.3) is 5.57 Å². The van der Waals surface area contributed by atoms with E-state index in [1.165, 1.54) is 0 Å². The minimum absolute atomic E-state index is 0.259. The van der Waals surface area contributed by atoms with Gasteiger partial charge in [0.25, 0.3) is 0 Å². The summed E-state index contributed by atoms with van der Waals surface area (Å²) in [5.41, 5.74) is 1.86. The van der Waals surface area contributed by atoms with E-state index in [9.17, 15) is 4.79 Å². The van der Waals surface area contributed by atoms with E-state index in [0.29, 0.717) is 11.3 Å². The molecule has 2 rings (SSSR count). The molecule has 0 atom stereocenters. The number of benzene rings is 2. The number of aryl methyl sites for hydroxylation is 1. The van der Waals surface area contributed by atoms with Gasteiger partial charge in [-0.1, -0.05) is 55.1 Å². The Bertz CT molecular complexity index is 588. The largest absolute Gasteiger partial charge is 0.386 e. The second-order valence-electron chi connectivity index (χ2n) is 4.06. The van der Waals surface area contributed by atoms with Gasteiger partial charge in [-0.05, 0) is 24.1 Å². The van der Waals surface area contributed by atoms with Gasteiger partial charge in [-0.15, -0.1) is 0 Å². The van der Waals surface area contributed by atoms with Gasteiger partial charge in [-0.2, -0.15) is 0 Å². The summed E-state index contributed by atoms with van der Waals surface area (Å²) in [6.07, 6.45) is 0. The predicted octanol–water partition coefficient (Wildman–Crippen LogP) is 3.55. The van der Waals surface area contributed by atoms with Crippen molar-refractivity contribution in [1.29, 1.82) is 0 Å². The van der Waals surface area contributed by atoms with Crippen molar-refractivity contribution < 1.29 is 14.6 Å². The molecule has 0 heterocycles. The zero-order valence-electron chi connectivity index (χ0n) is 10.6. The fraction of sp³-hybridized carbons (Fsp3) is 0.0625. The molecule has 3 heteroatoms. The lowest BCUT2D eigenvalue weighted by Gasteiger charge is -2.08. The van der Waals surface area contributed by atoms with E-state index in [1.54, 1.807) is 18.2 Å². The lowest BCUT2D eigenvalue weighted by molar-refractivity contribution is -0.206. The summed E-state index contributed by atoms with van der Waals surface area (Å²) >= 11 is 0. The molecule has 0 unspecified atom stereocenters. The molecule has 0 aliphatic heterocycles. The van der Waals surface area contributed by atoms with Crippen LogP contribution in [0, 0.1) is 6.92 Å². The van der Waals surface area contributed by atoms with Crippen LogP contribution < -0.4 is 4.89 Å². The summed E-state index contributed by atoms with van der Waals surface area (Å²) in [5, 5.41) is 0. The number of hydrogen-bond donors (Lipinski definition) is 0. The Balaban J connectivity index is 1.99. The fourth-order valence-electron chi connectivity index (χ4n) is 1.54. The number of carbonyl (C=O) groups is 1. The highest BCUT2D eigenvalue weighted by atomic mass is 17.2. The van der Waals surface area contributed by atoms with Crippen molar-refractivity contribution in [3.05, 3.63) is 72.3 Å². The van der Waals surface area contributed by atoms with Gasteiger partial charge in [-0.25, -0.2) is 9.68 Å². The average molecular weight is 254 g/mol. The molecule has 0 aliphatic rings. The molecule has 0 fully saturated rings. The molecule has 0 bridgehead atoms. The Hall–Kier alpha value is -2.55. The molecule has 0 spiro atoms. The van der Waals surface area contributed by atoms with Crippen molar-refractivity contribution in [2.24, 2.45) is 0 Å². The zero-order chi connectivity index (χ0) is 13.7. The fourth-order valence-corrected chi connectivity index (χ4v) is 1.54. The average Bonchev–Trinajstić information content (AvgIpc) is 2.46. The van der Waals surface area contributed by atoms with E-state index in [0.717, 1.165) is 5.56 Å². The first-order valence-corrected chi connectivity index (χ1v) is 5.87. The zero-order valence-corrected chi connectivity index (χ0v) is 10.6. The highest BCUT2D eigenvalue weighted by Crippen LogP contribution is 2.18. The van der Waals surface area contributed by atoms with E-state index in [1.807, 2.05) is 43.3 Å². The van der Waals surface area contributed by atoms with Crippen molar-refractivity contribution in [1.82, 2.24) is 0 Å². The van der Waals surface area contributed by atoms with Gasteiger partial charge in [0.1, 0.15) is 0 Å². The molecule has 2 aromatic carbocycles. The third kappa shape index (κ3) is 3.22. The van der Waals surface area contributed by atoms with Crippen LogP contribution in [0.1, 0.15) is 11.1 Å². The van der Waals surface area contributed by atoms with Crippen LogP contribution in [0.5, 0.6) is 5.75 Å². The van der Waals surface area contributed by atoms with Crippen LogP contribution in [0.15, 0.2) is 61.2 Å². The Morgan fingerprint density at radius 3 is 2.32 bits per heavy atom. The van der Waals surface area contributed by atoms with Crippen molar-refractivity contribution in [2.45, 2.75) is 6.92 Å². The molecular weight excluding hydrogens is 240 g/mol. The van der Waals surface area contributed by atoms with E-state index in [4.69, 9.17) is 9.78 Å². The highest BCUT2D eigenvalue weighted by molar-refractivity contribution is 6.15. The molecule has 0 saturated heterocycles. The second-order valence-corrected chi connectivity index (χ2v) is 4.06. The molecular formula is C16H14O3. The molecule has 96 valence electrons. The normalized spacial score (nSPS) is 9.74. The second kappa shape index (κ2) is 5.87. The van der Waals surface area contributed by atoms with Crippen LogP contribution in [0.4, 0.5) is 0 Å². The van der Waals surface area contributed by atoms with Gasteiger partial charge < -0.3 is 0 Å². The van der Waals surface area contributed by atoms with E-state index >= 15 is 0 Å². The van der Waals surface area contributed by atoms with Gasteiger partial charge in [0, 0.05) is 0 Å². The summed E-state index contributed by atoms with van der Waals surface area (Å²) in [5.74, 6) is -0.0915. The van der Waals surface area contributed by atoms with Crippen LogP contribution in [0.2, 0.25) is 0 Å².